The van der Waals surface area contributed by atoms with E-state index in [0.717, 1.165) is 30.9 Å². The van der Waals surface area contributed by atoms with Gasteiger partial charge in [-0.1, -0.05) is 49.4 Å². The van der Waals surface area contributed by atoms with Crippen LogP contribution in [-0.4, -0.2) is 5.97 Å². The second-order valence-electron chi connectivity index (χ2n) is 8.85. The molecule has 0 N–H and O–H groups in total. The van der Waals surface area contributed by atoms with Crippen LogP contribution in [0.25, 0.3) is 0 Å². The highest BCUT2D eigenvalue weighted by Crippen LogP contribution is 2.39. The fourth-order valence-electron chi connectivity index (χ4n) is 4.75. The van der Waals surface area contributed by atoms with Crippen molar-refractivity contribution in [2.45, 2.75) is 50.9 Å². The van der Waals surface area contributed by atoms with Crippen LogP contribution < -0.4 is 4.74 Å². The molecule has 1 aliphatic carbocycles. The lowest BCUT2D eigenvalue weighted by Gasteiger charge is -2.30. The summed E-state index contributed by atoms with van der Waals surface area (Å²) in [5.41, 5.74) is 3.05. The zero-order valence-electron chi connectivity index (χ0n) is 18.3. The Morgan fingerprint density at radius 3 is 2.25 bits per heavy atom. The minimum Gasteiger partial charge on any atom is -0.423 e. The predicted molar refractivity (Wildman–Crippen MR) is 122 cm³/mol. The first-order valence-electron chi connectivity index (χ1n) is 11.3. The van der Waals surface area contributed by atoms with Crippen molar-refractivity contribution in [3.8, 4) is 5.75 Å². The number of hydrogen-bond donors (Lipinski definition) is 0. The Bertz CT molecular complexity index is 1040. The van der Waals surface area contributed by atoms with Crippen molar-refractivity contribution in [1.29, 1.82) is 0 Å². The number of benzene rings is 3. The fraction of sp³-hybridized carbons (Fsp3) is 0.321. The van der Waals surface area contributed by atoms with Crippen LogP contribution in [0.5, 0.6) is 5.75 Å². The summed E-state index contributed by atoms with van der Waals surface area (Å²) >= 11 is 0. The van der Waals surface area contributed by atoms with Crippen molar-refractivity contribution in [2.75, 3.05) is 0 Å². The van der Waals surface area contributed by atoms with Crippen LogP contribution >= 0.6 is 0 Å². The zero-order chi connectivity index (χ0) is 22.5. The zero-order valence-corrected chi connectivity index (χ0v) is 18.3. The van der Waals surface area contributed by atoms with E-state index in [-0.39, 0.29) is 5.75 Å². The summed E-state index contributed by atoms with van der Waals surface area (Å²) in [4.78, 5) is 12.3. The van der Waals surface area contributed by atoms with Crippen LogP contribution in [0.15, 0.2) is 72.8 Å². The van der Waals surface area contributed by atoms with Crippen LogP contribution in [0.2, 0.25) is 0 Å². The van der Waals surface area contributed by atoms with Crippen molar-refractivity contribution in [3.05, 3.63) is 101 Å². The number of esters is 1. The molecule has 4 heteroatoms. The molecule has 1 fully saturated rings. The maximum Gasteiger partial charge on any atom is 0.343 e. The summed E-state index contributed by atoms with van der Waals surface area (Å²) in [6, 6.07) is 21.2. The molecule has 32 heavy (non-hydrogen) atoms. The molecule has 0 amide bonds. The Labute approximate surface area is 188 Å². The van der Waals surface area contributed by atoms with Crippen LogP contribution in [0.4, 0.5) is 8.78 Å². The molecule has 1 aliphatic rings. The third kappa shape index (κ3) is 5.42. The summed E-state index contributed by atoms with van der Waals surface area (Å²) in [5.74, 6) is -0.765. The molecule has 4 rings (SSSR count). The molecule has 3 aromatic carbocycles. The largest absolute Gasteiger partial charge is 0.423 e. The molecule has 2 nitrogen and oxygen atoms in total. The van der Waals surface area contributed by atoms with Crippen molar-refractivity contribution in [1.82, 2.24) is 0 Å². The number of halogens is 2. The van der Waals surface area contributed by atoms with Crippen molar-refractivity contribution < 1.29 is 18.3 Å². The fourth-order valence-corrected chi connectivity index (χ4v) is 4.75. The minimum atomic E-state index is -1.04. The Morgan fingerprint density at radius 1 is 0.906 bits per heavy atom. The van der Waals surface area contributed by atoms with Gasteiger partial charge in [0.2, 0.25) is 0 Å². The highest BCUT2D eigenvalue weighted by Gasteiger charge is 2.24. The molecule has 0 unspecified atom stereocenters. The van der Waals surface area contributed by atoms with E-state index < -0.39 is 17.6 Å². The van der Waals surface area contributed by atoms with Crippen LogP contribution in [0.3, 0.4) is 0 Å². The van der Waals surface area contributed by atoms with Gasteiger partial charge in [0.1, 0.15) is 5.75 Å². The molecular formula is C28H28F2O2. The van der Waals surface area contributed by atoms with Gasteiger partial charge in [0.25, 0.3) is 0 Å². The smallest absolute Gasteiger partial charge is 0.343 e. The molecule has 0 radical (unpaired) electrons. The van der Waals surface area contributed by atoms with E-state index in [0.29, 0.717) is 17.4 Å². The Hall–Kier alpha value is -3.01. The molecule has 0 aromatic heterocycles. The number of hydrogen-bond acceptors (Lipinski definition) is 2. The predicted octanol–water partition coefficient (Wildman–Crippen LogP) is 7.65. The molecule has 0 aliphatic heterocycles. The van der Waals surface area contributed by atoms with Gasteiger partial charge in [0, 0.05) is 6.07 Å². The first-order chi connectivity index (χ1) is 15.5. The average molecular weight is 435 g/mol. The van der Waals surface area contributed by atoms with Gasteiger partial charge in [-0.2, -0.15) is 0 Å². The summed E-state index contributed by atoms with van der Waals surface area (Å²) in [7, 11) is 0. The van der Waals surface area contributed by atoms with Gasteiger partial charge < -0.3 is 4.74 Å². The van der Waals surface area contributed by atoms with Gasteiger partial charge in [-0.15, -0.1) is 0 Å². The monoisotopic (exact) mass is 434 g/mol. The lowest BCUT2D eigenvalue weighted by Crippen LogP contribution is -2.15. The normalized spacial score (nSPS) is 19.3. The van der Waals surface area contributed by atoms with E-state index in [1.54, 1.807) is 12.1 Å². The average Bonchev–Trinajstić information content (AvgIpc) is 2.82. The lowest BCUT2D eigenvalue weighted by atomic mass is 9.75. The van der Waals surface area contributed by atoms with Crippen LogP contribution in [0, 0.1) is 17.6 Å². The minimum absolute atomic E-state index is 0.0129. The van der Waals surface area contributed by atoms with E-state index in [4.69, 9.17) is 4.74 Å². The lowest BCUT2D eigenvalue weighted by molar-refractivity contribution is 0.0734. The van der Waals surface area contributed by atoms with Gasteiger partial charge in [0.15, 0.2) is 11.6 Å². The van der Waals surface area contributed by atoms with E-state index in [2.05, 4.69) is 37.3 Å². The van der Waals surface area contributed by atoms with Gasteiger partial charge in [0.05, 0.1) is 5.56 Å². The van der Waals surface area contributed by atoms with E-state index >= 15 is 0 Å². The molecule has 3 aromatic rings. The van der Waals surface area contributed by atoms with E-state index in [1.165, 1.54) is 36.5 Å². The molecule has 0 heterocycles. The third-order valence-electron chi connectivity index (χ3n) is 6.62. The first kappa shape index (κ1) is 22.2. The quantitative estimate of drug-likeness (QED) is 0.294. The van der Waals surface area contributed by atoms with Gasteiger partial charge in [-0.25, -0.2) is 13.6 Å². The molecule has 0 saturated heterocycles. The molecular weight excluding hydrogens is 406 g/mol. The summed E-state index contributed by atoms with van der Waals surface area (Å²) in [6.45, 7) is 2.32. The third-order valence-corrected chi connectivity index (χ3v) is 6.62. The topological polar surface area (TPSA) is 26.3 Å². The first-order valence-corrected chi connectivity index (χ1v) is 11.3. The molecule has 166 valence electrons. The van der Waals surface area contributed by atoms with Gasteiger partial charge in [-0.05, 0) is 85.3 Å². The Morgan fingerprint density at radius 2 is 1.59 bits per heavy atom. The Kier molecular flexibility index (Phi) is 6.99. The standard InChI is InChI=1S/C28H28F2O2/c1-19(21-5-3-2-4-6-21)17-20-7-9-22(10-8-20)23-11-13-24(14-12-23)28(31)32-25-15-16-26(29)27(30)18-25/h2-6,11-16,18-20,22H,7-10,17H2,1H3/t19-,20?,22?/m1/s1. The highest BCUT2D eigenvalue weighted by molar-refractivity contribution is 5.91. The summed E-state index contributed by atoms with van der Waals surface area (Å²) in [5, 5.41) is 0. The molecule has 0 spiro atoms. The van der Waals surface area contributed by atoms with Crippen LogP contribution in [-0.2, 0) is 0 Å². The van der Waals surface area contributed by atoms with E-state index in [1.807, 2.05) is 12.1 Å². The summed E-state index contributed by atoms with van der Waals surface area (Å²) < 4.78 is 31.5. The maximum absolute atomic E-state index is 13.3. The Balaban J connectivity index is 1.30. The van der Waals surface area contributed by atoms with Crippen molar-refractivity contribution in [2.24, 2.45) is 5.92 Å². The maximum atomic E-state index is 13.3. The number of carbonyl (C=O) groups excluding carboxylic acids is 1. The van der Waals surface area contributed by atoms with Crippen molar-refractivity contribution in [3.63, 3.8) is 0 Å². The number of carbonyl (C=O) groups is 1. The summed E-state index contributed by atoms with van der Waals surface area (Å²) in [6.07, 6.45) is 5.99. The second kappa shape index (κ2) is 10.1. The highest BCUT2D eigenvalue weighted by atomic mass is 19.2. The molecule has 1 atom stereocenters. The number of ether oxygens (including phenoxy) is 1. The number of rotatable bonds is 6. The molecule has 0 bridgehead atoms. The second-order valence-corrected chi connectivity index (χ2v) is 8.85. The van der Waals surface area contributed by atoms with Gasteiger partial charge in [-0.3, -0.25) is 0 Å². The SMILES string of the molecule is C[C@H](CC1CCC(c2ccc(C(=O)Oc3ccc(F)c(F)c3)cc2)CC1)c1ccccc1. The van der Waals surface area contributed by atoms with E-state index in [9.17, 15) is 13.6 Å². The van der Waals surface area contributed by atoms with Gasteiger partial charge >= 0.3 is 5.97 Å². The molecule has 1 saturated carbocycles. The van der Waals surface area contributed by atoms with Crippen LogP contribution in [0.1, 0.15) is 72.3 Å². The van der Waals surface area contributed by atoms with Crippen molar-refractivity contribution >= 4 is 5.97 Å².